The standard InChI is InChI=1S/C17H16Cl2N4O2S2/c1-23(2)12-5-3-11(4-6-12)9-16-20-21-17(26-16)22-27(24,25)13-7-8-14(18)15(19)10-13/h3-8,10H,9H2,1-2H3,(H,21,22). The van der Waals surface area contributed by atoms with E-state index in [0.717, 1.165) is 11.3 Å². The van der Waals surface area contributed by atoms with Gasteiger partial charge in [0.15, 0.2) is 0 Å². The Hall–Kier alpha value is -1.87. The number of aromatic nitrogens is 2. The number of hydrogen-bond acceptors (Lipinski definition) is 6. The Morgan fingerprint density at radius 2 is 1.74 bits per heavy atom. The number of anilines is 2. The van der Waals surface area contributed by atoms with Crippen LogP contribution >= 0.6 is 34.5 Å². The average molecular weight is 443 g/mol. The predicted octanol–water partition coefficient (Wildman–Crippen LogP) is 4.30. The van der Waals surface area contributed by atoms with E-state index in [1.54, 1.807) is 0 Å². The van der Waals surface area contributed by atoms with Crippen molar-refractivity contribution in [1.29, 1.82) is 0 Å². The molecular formula is C17H16Cl2N4O2S2. The Labute approximate surface area is 171 Å². The second-order valence-corrected chi connectivity index (χ2v) is 9.48. The smallest absolute Gasteiger partial charge is 0.263 e. The Kier molecular flexibility index (Phi) is 5.90. The van der Waals surface area contributed by atoms with Crippen LogP contribution in [0.3, 0.4) is 0 Å². The molecule has 3 aromatic rings. The summed E-state index contributed by atoms with van der Waals surface area (Å²) in [7, 11) is 0.138. The van der Waals surface area contributed by atoms with E-state index >= 15 is 0 Å². The third kappa shape index (κ3) is 4.90. The van der Waals surface area contributed by atoms with Gasteiger partial charge in [0.1, 0.15) is 5.01 Å². The van der Waals surface area contributed by atoms with Crippen LogP contribution in [0, 0.1) is 0 Å². The van der Waals surface area contributed by atoms with Crippen LogP contribution in [0.1, 0.15) is 10.6 Å². The fourth-order valence-corrected chi connectivity index (χ4v) is 4.66. The Balaban J connectivity index is 1.72. The highest BCUT2D eigenvalue weighted by molar-refractivity contribution is 7.93. The summed E-state index contributed by atoms with van der Waals surface area (Å²) in [5, 5.41) is 9.34. The summed E-state index contributed by atoms with van der Waals surface area (Å²) in [4.78, 5) is 2.03. The van der Waals surface area contributed by atoms with Crippen LogP contribution in [-0.4, -0.2) is 32.7 Å². The quantitative estimate of drug-likeness (QED) is 0.615. The molecule has 27 heavy (non-hydrogen) atoms. The van der Waals surface area contributed by atoms with Gasteiger partial charge in [-0.2, -0.15) is 0 Å². The molecule has 1 heterocycles. The van der Waals surface area contributed by atoms with E-state index in [2.05, 4.69) is 14.9 Å². The second kappa shape index (κ2) is 8.02. The normalized spacial score (nSPS) is 11.4. The molecule has 0 aliphatic heterocycles. The van der Waals surface area contributed by atoms with E-state index in [0.29, 0.717) is 11.4 Å². The minimum absolute atomic E-state index is 0.00734. The summed E-state index contributed by atoms with van der Waals surface area (Å²) in [6, 6.07) is 12.2. The van der Waals surface area contributed by atoms with Crippen molar-refractivity contribution < 1.29 is 8.42 Å². The number of hydrogen-bond donors (Lipinski definition) is 1. The van der Waals surface area contributed by atoms with Crippen molar-refractivity contribution in [2.24, 2.45) is 0 Å². The maximum atomic E-state index is 12.5. The summed E-state index contributed by atoms with van der Waals surface area (Å²) in [6.45, 7) is 0. The Bertz CT molecular complexity index is 1050. The fraction of sp³-hybridized carbons (Fsp3) is 0.176. The van der Waals surface area contributed by atoms with Crippen molar-refractivity contribution in [3.05, 3.63) is 63.1 Å². The van der Waals surface area contributed by atoms with Crippen LogP contribution in [0.4, 0.5) is 10.8 Å². The van der Waals surface area contributed by atoms with Crippen molar-refractivity contribution >= 4 is 55.4 Å². The molecule has 0 atom stereocenters. The lowest BCUT2D eigenvalue weighted by atomic mass is 10.1. The molecule has 10 heteroatoms. The first-order valence-corrected chi connectivity index (χ1v) is 10.9. The van der Waals surface area contributed by atoms with E-state index in [-0.39, 0.29) is 20.1 Å². The molecule has 142 valence electrons. The lowest BCUT2D eigenvalue weighted by molar-refractivity contribution is 0.601. The largest absolute Gasteiger partial charge is 0.378 e. The molecule has 0 saturated carbocycles. The zero-order valence-corrected chi connectivity index (χ0v) is 17.6. The van der Waals surface area contributed by atoms with Gasteiger partial charge in [-0.25, -0.2) is 8.42 Å². The highest BCUT2D eigenvalue weighted by Crippen LogP contribution is 2.27. The highest BCUT2D eigenvalue weighted by atomic mass is 35.5. The van der Waals surface area contributed by atoms with Gasteiger partial charge in [-0.3, -0.25) is 4.72 Å². The Morgan fingerprint density at radius 3 is 2.37 bits per heavy atom. The van der Waals surface area contributed by atoms with E-state index in [4.69, 9.17) is 23.2 Å². The molecule has 1 aromatic heterocycles. The molecule has 0 fully saturated rings. The maximum absolute atomic E-state index is 12.5. The lowest BCUT2D eigenvalue weighted by Gasteiger charge is -2.12. The van der Waals surface area contributed by atoms with E-state index in [9.17, 15) is 8.42 Å². The van der Waals surface area contributed by atoms with Gasteiger partial charge in [-0.15, -0.1) is 10.2 Å². The topological polar surface area (TPSA) is 75.2 Å². The number of rotatable bonds is 6. The van der Waals surface area contributed by atoms with Gasteiger partial charge in [0.25, 0.3) is 10.0 Å². The van der Waals surface area contributed by atoms with Crippen molar-refractivity contribution in [2.75, 3.05) is 23.7 Å². The SMILES string of the molecule is CN(C)c1ccc(Cc2nnc(NS(=O)(=O)c3ccc(Cl)c(Cl)c3)s2)cc1. The van der Waals surface area contributed by atoms with Gasteiger partial charge in [0.05, 0.1) is 14.9 Å². The summed E-state index contributed by atoms with van der Waals surface area (Å²) in [5.74, 6) is 0. The third-order valence-electron chi connectivity index (χ3n) is 3.70. The van der Waals surface area contributed by atoms with E-state index < -0.39 is 10.0 Å². The average Bonchev–Trinajstić information content (AvgIpc) is 3.03. The number of halogens is 2. The van der Waals surface area contributed by atoms with Crippen LogP contribution in [0.5, 0.6) is 0 Å². The summed E-state index contributed by atoms with van der Waals surface area (Å²) < 4.78 is 27.3. The first kappa shape index (κ1) is 19.9. The molecule has 0 bridgehead atoms. The lowest BCUT2D eigenvalue weighted by Crippen LogP contribution is -2.12. The molecular weight excluding hydrogens is 427 g/mol. The summed E-state index contributed by atoms with van der Waals surface area (Å²) >= 11 is 12.9. The van der Waals surface area contributed by atoms with E-state index in [1.165, 1.54) is 29.5 Å². The van der Waals surface area contributed by atoms with Crippen molar-refractivity contribution in [1.82, 2.24) is 10.2 Å². The van der Waals surface area contributed by atoms with Gasteiger partial charge in [0, 0.05) is 26.2 Å². The number of benzene rings is 2. The van der Waals surface area contributed by atoms with Crippen LogP contribution < -0.4 is 9.62 Å². The van der Waals surface area contributed by atoms with Crippen LogP contribution in [-0.2, 0) is 16.4 Å². The van der Waals surface area contributed by atoms with Gasteiger partial charge in [-0.05, 0) is 35.9 Å². The molecule has 0 radical (unpaired) electrons. The van der Waals surface area contributed by atoms with Crippen molar-refractivity contribution in [2.45, 2.75) is 11.3 Å². The molecule has 6 nitrogen and oxygen atoms in total. The second-order valence-electron chi connectivity index (χ2n) is 5.92. The third-order valence-corrected chi connectivity index (χ3v) is 6.74. The monoisotopic (exact) mass is 442 g/mol. The highest BCUT2D eigenvalue weighted by Gasteiger charge is 2.18. The molecule has 0 amide bonds. The summed E-state index contributed by atoms with van der Waals surface area (Å²) in [5.41, 5.74) is 2.17. The molecule has 2 aromatic carbocycles. The van der Waals surface area contributed by atoms with Crippen molar-refractivity contribution in [3.63, 3.8) is 0 Å². The van der Waals surface area contributed by atoms with Crippen molar-refractivity contribution in [3.8, 4) is 0 Å². The first-order chi connectivity index (χ1) is 12.7. The number of nitrogens with zero attached hydrogens (tertiary/aromatic N) is 3. The number of nitrogens with one attached hydrogen (secondary N) is 1. The zero-order chi connectivity index (χ0) is 19.6. The molecule has 0 aliphatic carbocycles. The predicted molar refractivity (Wildman–Crippen MR) is 111 cm³/mol. The van der Waals surface area contributed by atoms with Gasteiger partial charge >= 0.3 is 0 Å². The molecule has 0 aliphatic rings. The van der Waals surface area contributed by atoms with Crippen LogP contribution in [0.25, 0.3) is 0 Å². The molecule has 0 spiro atoms. The minimum Gasteiger partial charge on any atom is -0.378 e. The first-order valence-electron chi connectivity index (χ1n) is 7.81. The van der Waals surface area contributed by atoms with Gasteiger partial charge in [0.2, 0.25) is 5.13 Å². The fourth-order valence-electron chi connectivity index (χ4n) is 2.27. The molecule has 1 N–H and O–H groups in total. The van der Waals surface area contributed by atoms with Gasteiger partial charge < -0.3 is 4.90 Å². The molecule has 0 unspecified atom stereocenters. The van der Waals surface area contributed by atoms with Crippen LogP contribution in [0.15, 0.2) is 47.4 Å². The molecule has 3 rings (SSSR count). The van der Waals surface area contributed by atoms with Crippen LogP contribution in [0.2, 0.25) is 10.0 Å². The molecule has 0 saturated heterocycles. The van der Waals surface area contributed by atoms with Gasteiger partial charge in [-0.1, -0.05) is 46.7 Å². The minimum atomic E-state index is -3.82. The number of sulfonamides is 1. The summed E-state index contributed by atoms with van der Waals surface area (Å²) in [6.07, 6.45) is 0.569. The Morgan fingerprint density at radius 1 is 1.04 bits per heavy atom. The van der Waals surface area contributed by atoms with E-state index in [1.807, 2.05) is 43.3 Å². The zero-order valence-electron chi connectivity index (χ0n) is 14.5. The maximum Gasteiger partial charge on any atom is 0.263 e.